The Hall–Kier alpha value is -3.53. The molecular formula is C19H18N2O5. The third-order valence-electron chi connectivity index (χ3n) is 3.20. The highest BCUT2D eigenvalue weighted by Crippen LogP contribution is 2.29. The van der Waals surface area contributed by atoms with Crippen LogP contribution in [0.1, 0.15) is 25.2 Å². The molecule has 0 atom stereocenters. The van der Waals surface area contributed by atoms with Gasteiger partial charge in [-0.05, 0) is 42.8 Å². The number of hydrogen-bond donors (Lipinski definition) is 1. The fraction of sp³-hybridized carbons (Fsp3) is 0.211. The molecule has 1 amide bonds. The molecule has 134 valence electrons. The molecule has 0 bridgehead atoms. The topological polar surface area (TPSA) is 102 Å². The number of ether oxygens (including phenoxy) is 2. The number of benzene rings is 1. The van der Waals surface area contributed by atoms with Crippen molar-refractivity contribution >= 4 is 18.0 Å². The van der Waals surface area contributed by atoms with Gasteiger partial charge in [-0.3, -0.25) is 9.59 Å². The molecule has 0 aliphatic carbocycles. The quantitative estimate of drug-likeness (QED) is 0.355. The summed E-state index contributed by atoms with van der Waals surface area (Å²) in [5.41, 5.74) is 0.494. The second-order valence-electron chi connectivity index (χ2n) is 5.16. The van der Waals surface area contributed by atoms with Gasteiger partial charge in [-0.25, -0.2) is 0 Å². The van der Waals surface area contributed by atoms with Gasteiger partial charge in [0, 0.05) is 6.92 Å². The standard InChI is InChI=1S/C19H18N2O5/c1-3-24-18-10-14(6-7-17(18)26-13(2)22)9-15(11-20)19(23)21-12-16-5-4-8-25-16/h4-10H,3,12H2,1-2H3,(H,21,23)/b15-9+. The van der Waals surface area contributed by atoms with E-state index in [1.54, 1.807) is 37.3 Å². The molecule has 1 aromatic heterocycles. The van der Waals surface area contributed by atoms with Gasteiger partial charge in [0.1, 0.15) is 17.4 Å². The first-order valence-corrected chi connectivity index (χ1v) is 7.91. The SMILES string of the molecule is CCOc1cc(/C=C(\C#N)C(=O)NCc2ccco2)ccc1OC(C)=O. The highest BCUT2D eigenvalue weighted by atomic mass is 16.6. The van der Waals surface area contributed by atoms with Crippen LogP contribution in [-0.4, -0.2) is 18.5 Å². The minimum Gasteiger partial charge on any atom is -0.490 e. The molecule has 1 aromatic carbocycles. The molecule has 26 heavy (non-hydrogen) atoms. The monoisotopic (exact) mass is 354 g/mol. The number of nitrogens with one attached hydrogen (secondary N) is 1. The van der Waals surface area contributed by atoms with Crippen LogP contribution in [0.5, 0.6) is 11.5 Å². The average molecular weight is 354 g/mol. The Morgan fingerprint density at radius 3 is 2.73 bits per heavy atom. The molecule has 0 spiro atoms. The fourth-order valence-corrected chi connectivity index (χ4v) is 2.11. The van der Waals surface area contributed by atoms with E-state index in [-0.39, 0.29) is 17.9 Å². The molecule has 0 aliphatic heterocycles. The van der Waals surface area contributed by atoms with Crippen LogP contribution in [-0.2, 0) is 16.1 Å². The summed E-state index contributed by atoms with van der Waals surface area (Å²) in [6.45, 7) is 3.64. The molecule has 1 N–H and O–H groups in total. The Morgan fingerprint density at radius 2 is 2.12 bits per heavy atom. The molecule has 0 radical (unpaired) electrons. The molecule has 1 heterocycles. The predicted molar refractivity (Wildman–Crippen MR) is 93.1 cm³/mol. The number of carbonyl (C=O) groups excluding carboxylic acids is 2. The van der Waals surface area contributed by atoms with E-state index in [1.165, 1.54) is 19.3 Å². The van der Waals surface area contributed by atoms with E-state index in [4.69, 9.17) is 13.9 Å². The molecule has 0 saturated carbocycles. The molecule has 0 saturated heterocycles. The zero-order valence-electron chi connectivity index (χ0n) is 14.4. The van der Waals surface area contributed by atoms with Gasteiger partial charge in [0.2, 0.25) is 0 Å². The number of furan rings is 1. The lowest BCUT2D eigenvalue weighted by Gasteiger charge is -2.10. The Labute approximate surface area is 150 Å². The van der Waals surface area contributed by atoms with E-state index < -0.39 is 11.9 Å². The molecule has 7 nitrogen and oxygen atoms in total. The Balaban J connectivity index is 2.18. The lowest BCUT2D eigenvalue weighted by Crippen LogP contribution is -2.23. The molecule has 7 heteroatoms. The molecule has 0 fully saturated rings. The number of esters is 1. The first-order chi connectivity index (χ1) is 12.5. The summed E-state index contributed by atoms with van der Waals surface area (Å²) < 4.78 is 15.6. The van der Waals surface area contributed by atoms with Crippen LogP contribution in [0, 0.1) is 11.3 Å². The largest absolute Gasteiger partial charge is 0.490 e. The van der Waals surface area contributed by atoms with Crippen molar-refractivity contribution in [3.63, 3.8) is 0 Å². The van der Waals surface area contributed by atoms with Crippen LogP contribution in [0.25, 0.3) is 6.08 Å². The zero-order valence-corrected chi connectivity index (χ0v) is 14.4. The van der Waals surface area contributed by atoms with Crippen molar-refractivity contribution in [3.8, 4) is 17.6 Å². The van der Waals surface area contributed by atoms with Gasteiger partial charge < -0.3 is 19.2 Å². The van der Waals surface area contributed by atoms with E-state index in [0.29, 0.717) is 23.7 Å². The number of nitrogens with zero attached hydrogens (tertiary/aromatic N) is 1. The van der Waals surface area contributed by atoms with Crippen molar-refractivity contribution in [1.29, 1.82) is 5.26 Å². The summed E-state index contributed by atoms with van der Waals surface area (Å²) in [6.07, 6.45) is 2.93. The van der Waals surface area contributed by atoms with Crippen molar-refractivity contribution in [3.05, 3.63) is 53.5 Å². The van der Waals surface area contributed by atoms with Crippen LogP contribution in [0.4, 0.5) is 0 Å². The van der Waals surface area contributed by atoms with Gasteiger partial charge in [0.05, 0.1) is 19.4 Å². The number of nitriles is 1. The van der Waals surface area contributed by atoms with E-state index in [1.807, 2.05) is 6.07 Å². The van der Waals surface area contributed by atoms with Crippen LogP contribution in [0.3, 0.4) is 0 Å². The van der Waals surface area contributed by atoms with Gasteiger partial charge in [-0.15, -0.1) is 0 Å². The summed E-state index contributed by atoms with van der Waals surface area (Å²) in [6, 6.07) is 10.1. The van der Waals surface area contributed by atoms with Crippen LogP contribution in [0.15, 0.2) is 46.6 Å². The maximum Gasteiger partial charge on any atom is 0.308 e. The third kappa shape index (κ3) is 5.24. The minimum atomic E-state index is -0.522. The van der Waals surface area contributed by atoms with Gasteiger partial charge >= 0.3 is 5.97 Å². The first kappa shape index (κ1) is 18.8. The van der Waals surface area contributed by atoms with E-state index >= 15 is 0 Å². The Morgan fingerprint density at radius 1 is 1.31 bits per heavy atom. The minimum absolute atomic E-state index is 0.0701. The number of carbonyl (C=O) groups is 2. The van der Waals surface area contributed by atoms with Crippen molar-refractivity contribution in [2.45, 2.75) is 20.4 Å². The van der Waals surface area contributed by atoms with E-state index in [0.717, 1.165) is 0 Å². The number of hydrogen-bond acceptors (Lipinski definition) is 6. The maximum atomic E-state index is 12.2. The normalized spacial score (nSPS) is 10.7. The van der Waals surface area contributed by atoms with Gasteiger partial charge in [0.25, 0.3) is 5.91 Å². The van der Waals surface area contributed by atoms with Crippen molar-refractivity contribution in [1.82, 2.24) is 5.32 Å². The highest BCUT2D eigenvalue weighted by Gasteiger charge is 2.12. The average Bonchev–Trinajstić information content (AvgIpc) is 3.13. The van der Waals surface area contributed by atoms with Crippen LogP contribution in [0.2, 0.25) is 0 Å². The Bertz CT molecular complexity index is 847. The Kier molecular flexibility index (Phi) is 6.57. The van der Waals surface area contributed by atoms with Crippen molar-refractivity contribution in [2.24, 2.45) is 0 Å². The lowest BCUT2D eigenvalue weighted by molar-refractivity contribution is -0.132. The van der Waals surface area contributed by atoms with E-state index in [2.05, 4.69) is 5.32 Å². The summed E-state index contributed by atoms with van der Waals surface area (Å²) in [4.78, 5) is 23.3. The third-order valence-corrected chi connectivity index (χ3v) is 3.20. The predicted octanol–water partition coefficient (Wildman–Crippen LogP) is 2.83. The second kappa shape index (κ2) is 9.08. The summed E-state index contributed by atoms with van der Waals surface area (Å²) >= 11 is 0. The van der Waals surface area contributed by atoms with E-state index in [9.17, 15) is 14.9 Å². The summed E-state index contributed by atoms with van der Waals surface area (Å²) in [5.74, 6) is 0.220. The molecule has 2 rings (SSSR count). The molecule has 0 unspecified atom stereocenters. The summed E-state index contributed by atoms with van der Waals surface area (Å²) in [7, 11) is 0. The van der Waals surface area contributed by atoms with Gasteiger partial charge in [-0.2, -0.15) is 5.26 Å². The molecule has 0 aliphatic rings. The fourth-order valence-electron chi connectivity index (χ4n) is 2.11. The first-order valence-electron chi connectivity index (χ1n) is 7.91. The summed E-state index contributed by atoms with van der Waals surface area (Å²) in [5, 5.41) is 11.9. The number of rotatable bonds is 7. The smallest absolute Gasteiger partial charge is 0.308 e. The van der Waals surface area contributed by atoms with Crippen molar-refractivity contribution < 1.29 is 23.5 Å². The maximum absolute atomic E-state index is 12.2. The van der Waals surface area contributed by atoms with Crippen molar-refractivity contribution in [2.75, 3.05) is 6.61 Å². The highest BCUT2D eigenvalue weighted by molar-refractivity contribution is 6.01. The van der Waals surface area contributed by atoms with Crippen LogP contribution < -0.4 is 14.8 Å². The molecular weight excluding hydrogens is 336 g/mol. The number of amides is 1. The molecule has 2 aromatic rings. The van der Waals surface area contributed by atoms with Crippen LogP contribution >= 0.6 is 0 Å². The van der Waals surface area contributed by atoms with Gasteiger partial charge in [0.15, 0.2) is 11.5 Å². The lowest BCUT2D eigenvalue weighted by atomic mass is 10.1. The van der Waals surface area contributed by atoms with Gasteiger partial charge in [-0.1, -0.05) is 6.07 Å². The zero-order chi connectivity index (χ0) is 18.9. The second-order valence-corrected chi connectivity index (χ2v) is 5.16.